The molecule has 0 aromatic heterocycles. The first-order valence-electron chi connectivity index (χ1n) is 6.54. The third-order valence-electron chi connectivity index (χ3n) is 3.34. The molecular weight excluding hydrogens is 212 g/mol. The van der Waals surface area contributed by atoms with Crippen molar-refractivity contribution >= 4 is 5.69 Å². The van der Waals surface area contributed by atoms with Gasteiger partial charge in [0.05, 0.1) is 6.61 Å². The molecule has 1 saturated carbocycles. The summed E-state index contributed by atoms with van der Waals surface area (Å²) in [6, 6.07) is 8.83. The first-order valence-corrected chi connectivity index (χ1v) is 6.54. The summed E-state index contributed by atoms with van der Waals surface area (Å²) in [6.45, 7) is 2.70. The zero-order valence-electron chi connectivity index (χ0n) is 10.5. The van der Waals surface area contributed by atoms with Crippen LogP contribution in [0.4, 0.5) is 5.69 Å². The van der Waals surface area contributed by atoms with Crippen molar-refractivity contribution in [3.63, 3.8) is 0 Å². The molecule has 1 aromatic rings. The summed E-state index contributed by atoms with van der Waals surface area (Å²) in [5.41, 5.74) is 7.25. The highest BCUT2D eigenvalue weighted by Gasteiger charge is 2.21. The minimum atomic E-state index is 0.287. The summed E-state index contributed by atoms with van der Waals surface area (Å²) in [7, 11) is 0. The Hall–Kier alpha value is -1.22. The highest BCUT2D eigenvalue weighted by Crippen LogP contribution is 2.22. The van der Waals surface area contributed by atoms with E-state index in [9.17, 15) is 0 Å². The van der Waals surface area contributed by atoms with Crippen LogP contribution in [0.25, 0.3) is 0 Å². The first-order chi connectivity index (χ1) is 8.29. The van der Waals surface area contributed by atoms with Crippen LogP contribution in [0.5, 0.6) is 5.75 Å². The SMILES string of the molecule is CCOc1ccc(NC2CCCCC2N)cc1. The van der Waals surface area contributed by atoms with Gasteiger partial charge in [0, 0.05) is 17.8 Å². The van der Waals surface area contributed by atoms with Gasteiger partial charge in [-0.1, -0.05) is 12.8 Å². The van der Waals surface area contributed by atoms with Gasteiger partial charge in [0.15, 0.2) is 0 Å². The van der Waals surface area contributed by atoms with E-state index in [-0.39, 0.29) is 6.04 Å². The van der Waals surface area contributed by atoms with Crippen LogP contribution in [0.15, 0.2) is 24.3 Å². The zero-order chi connectivity index (χ0) is 12.1. The Morgan fingerprint density at radius 2 is 1.94 bits per heavy atom. The largest absolute Gasteiger partial charge is 0.494 e. The van der Waals surface area contributed by atoms with Gasteiger partial charge in [-0.2, -0.15) is 0 Å². The molecule has 0 spiro atoms. The van der Waals surface area contributed by atoms with Crippen LogP contribution in [-0.4, -0.2) is 18.7 Å². The van der Waals surface area contributed by atoms with Gasteiger partial charge in [-0.3, -0.25) is 0 Å². The Bertz CT molecular complexity index is 337. The molecule has 1 aliphatic rings. The number of nitrogens with two attached hydrogens (primary N) is 1. The molecule has 1 fully saturated rings. The molecule has 1 aromatic carbocycles. The number of rotatable bonds is 4. The lowest BCUT2D eigenvalue weighted by atomic mass is 9.91. The number of ether oxygens (including phenoxy) is 1. The van der Waals surface area contributed by atoms with Crippen molar-refractivity contribution < 1.29 is 4.74 Å². The van der Waals surface area contributed by atoms with Gasteiger partial charge >= 0.3 is 0 Å². The van der Waals surface area contributed by atoms with E-state index in [0.29, 0.717) is 12.6 Å². The van der Waals surface area contributed by atoms with Gasteiger partial charge < -0.3 is 15.8 Å². The maximum Gasteiger partial charge on any atom is 0.119 e. The number of hydrogen-bond acceptors (Lipinski definition) is 3. The van der Waals surface area contributed by atoms with Crippen LogP contribution < -0.4 is 15.8 Å². The van der Waals surface area contributed by atoms with E-state index in [0.717, 1.165) is 17.9 Å². The maximum atomic E-state index is 6.12. The number of hydrogen-bond donors (Lipinski definition) is 2. The van der Waals surface area contributed by atoms with Crippen molar-refractivity contribution in [3.8, 4) is 5.75 Å². The fraction of sp³-hybridized carbons (Fsp3) is 0.571. The smallest absolute Gasteiger partial charge is 0.119 e. The van der Waals surface area contributed by atoms with Crippen molar-refractivity contribution in [1.29, 1.82) is 0 Å². The molecule has 2 unspecified atom stereocenters. The molecule has 3 heteroatoms. The van der Waals surface area contributed by atoms with Crippen molar-refractivity contribution in [2.75, 3.05) is 11.9 Å². The average molecular weight is 234 g/mol. The van der Waals surface area contributed by atoms with E-state index in [2.05, 4.69) is 17.4 Å². The normalized spacial score (nSPS) is 24.4. The van der Waals surface area contributed by atoms with Gasteiger partial charge in [0.1, 0.15) is 5.75 Å². The third-order valence-corrected chi connectivity index (χ3v) is 3.34. The van der Waals surface area contributed by atoms with Crippen molar-refractivity contribution in [3.05, 3.63) is 24.3 Å². The molecule has 0 bridgehead atoms. The predicted molar refractivity (Wildman–Crippen MR) is 71.5 cm³/mol. The van der Waals surface area contributed by atoms with E-state index < -0.39 is 0 Å². The highest BCUT2D eigenvalue weighted by molar-refractivity contribution is 5.47. The Kier molecular flexibility index (Phi) is 4.26. The first kappa shape index (κ1) is 12.2. The number of nitrogens with one attached hydrogen (secondary N) is 1. The second-order valence-electron chi connectivity index (χ2n) is 4.66. The molecule has 0 radical (unpaired) electrons. The van der Waals surface area contributed by atoms with Crippen LogP contribution in [0.2, 0.25) is 0 Å². The summed E-state index contributed by atoms with van der Waals surface area (Å²) in [5.74, 6) is 0.922. The molecule has 17 heavy (non-hydrogen) atoms. The summed E-state index contributed by atoms with van der Waals surface area (Å²) >= 11 is 0. The molecular formula is C14H22N2O. The zero-order valence-corrected chi connectivity index (χ0v) is 10.5. The molecule has 0 heterocycles. The quantitative estimate of drug-likeness (QED) is 0.842. The van der Waals surface area contributed by atoms with Crippen LogP contribution in [-0.2, 0) is 0 Å². The molecule has 1 aliphatic carbocycles. The van der Waals surface area contributed by atoms with Crippen LogP contribution in [0.1, 0.15) is 32.6 Å². The molecule has 0 saturated heterocycles. The monoisotopic (exact) mass is 234 g/mol. The number of anilines is 1. The standard InChI is InChI=1S/C14H22N2O/c1-2-17-12-9-7-11(8-10-12)16-14-6-4-3-5-13(14)15/h7-10,13-14,16H,2-6,15H2,1H3. The molecule has 0 aliphatic heterocycles. The maximum absolute atomic E-state index is 6.12. The molecule has 2 atom stereocenters. The lowest BCUT2D eigenvalue weighted by molar-refractivity contribution is 0.340. The second kappa shape index (κ2) is 5.92. The summed E-state index contributed by atoms with van der Waals surface area (Å²) in [6.07, 6.45) is 4.86. The fourth-order valence-electron chi connectivity index (χ4n) is 2.37. The average Bonchev–Trinajstić information content (AvgIpc) is 2.35. The van der Waals surface area contributed by atoms with E-state index >= 15 is 0 Å². The number of benzene rings is 1. The molecule has 2 rings (SSSR count). The summed E-state index contributed by atoms with van der Waals surface area (Å²) < 4.78 is 5.42. The van der Waals surface area contributed by atoms with Crippen molar-refractivity contribution in [2.45, 2.75) is 44.7 Å². The van der Waals surface area contributed by atoms with Gasteiger partial charge in [0.25, 0.3) is 0 Å². The Morgan fingerprint density at radius 1 is 1.24 bits per heavy atom. The van der Waals surface area contributed by atoms with E-state index in [1.807, 2.05) is 19.1 Å². The van der Waals surface area contributed by atoms with Crippen LogP contribution in [0, 0.1) is 0 Å². The Balaban J connectivity index is 1.93. The van der Waals surface area contributed by atoms with E-state index in [1.54, 1.807) is 0 Å². The van der Waals surface area contributed by atoms with Gasteiger partial charge in [-0.05, 0) is 44.0 Å². The molecule has 0 amide bonds. The highest BCUT2D eigenvalue weighted by atomic mass is 16.5. The van der Waals surface area contributed by atoms with Gasteiger partial charge in [-0.25, -0.2) is 0 Å². The van der Waals surface area contributed by atoms with Crippen LogP contribution >= 0.6 is 0 Å². The van der Waals surface area contributed by atoms with Gasteiger partial charge in [0.2, 0.25) is 0 Å². The minimum Gasteiger partial charge on any atom is -0.494 e. The lowest BCUT2D eigenvalue weighted by Gasteiger charge is -2.30. The van der Waals surface area contributed by atoms with Crippen molar-refractivity contribution in [1.82, 2.24) is 0 Å². The summed E-state index contributed by atoms with van der Waals surface area (Å²) in [4.78, 5) is 0. The van der Waals surface area contributed by atoms with Gasteiger partial charge in [-0.15, -0.1) is 0 Å². The topological polar surface area (TPSA) is 47.3 Å². The minimum absolute atomic E-state index is 0.287. The van der Waals surface area contributed by atoms with E-state index in [4.69, 9.17) is 10.5 Å². The van der Waals surface area contributed by atoms with E-state index in [1.165, 1.54) is 19.3 Å². The second-order valence-corrected chi connectivity index (χ2v) is 4.66. The molecule has 3 N–H and O–H groups in total. The van der Waals surface area contributed by atoms with Crippen molar-refractivity contribution in [2.24, 2.45) is 5.73 Å². The van der Waals surface area contributed by atoms with Crippen LogP contribution in [0.3, 0.4) is 0 Å². The Morgan fingerprint density at radius 3 is 2.59 bits per heavy atom. The molecule has 3 nitrogen and oxygen atoms in total. The third kappa shape index (κ3) is 3.37. The molecule has 94 valence electrons. The predicted octanol–water partition coefficient (Wildman–Crippen LogP) is 2.77. The lowest BCUT2D eigenvalue weighted by Crippen LogP contribution is -2.42. The summed E-state index contributed by atoms with van der Waals surface area (Å²) in [5, 5.41) is 3.52. The Labute approximate surface area is 103 Å². The fourth-order valence-corrected chi connectivity index (χ4v) is 2.37.